The zero-order valence-corrected chi connectivity index (χ0v) is 17.3. The highest BCUT2D eigenvalue weighted by Gasteiger charge is 2.44. The molecule has 0 spiro atoms. The van der Waals surface area contributed by atoms with Gasteiger partial charge in [0.15, 0.2) is 0 Å². The summed E-state index contributed by atoms with van der Waals surface area (Å²) >= 11 is 1.49. The lowest BCUT2D eigenvalue weighted by Crippen LogP contribution is -2.47. The minimum atomic E-state index is 0.183. The van der Waals surface area contributed by atoms with Crippen LogP contribution in [0.4, 0.5) is 0 Å². The molecule has 152 valence electrons. The molecular weight excluding hydrogens is 400 g/mol. The number of hydrogen-bond donors (Lipinski definition) is 0. The highest BCUT2D eigenvalue weighted by Crippen LogP contribution is 2.35. The number of carbonyl (C=O) groups is 1. The number of benzene rings is 1. The quantitative estimate of drug-likeness (QED) is 0.496. The predicted octanol–water partition coefficient (Wildman–Crippen LogP) is 4.03. The molecular formula is C22H20N4O3S. The lowest BCUT2D eigenvalue weighted by atomic mass is 10.2. The number of amides is 1. The summed E-state index contributed by atoms with van der Waals surface area (Å²) in [6.07, 6.45) is 4.56. The molecule has 5 heterocycles. The molecule has 6 rings (SSSR count). The Bertz CT molecular complexity index is 1230. The maximum atomic E-state index is 11.7. The molecule has 2 unspecified atom stereocenters. The molecule has 30 heavy (non-hydrogen) atoms. The van der Waals surface area contributed by atoms with Crippen molar-refractivity contribution >= 4 is 38.4 Å². The van der Waals surface area contributed by atoms with Gasteiger partial charge in [-0.05, 0) is 30.7 Å². The third kappa shape index (κ3) is 3.03. The van der Waals surface area contributed by atoms with Gasteiger partial charge in [0.2, 0.25) is 5.91 Å². The van der Waals surface area contributed by atoms with Gasteiger partial charge in [-0.3, -0.25) is 14.7 Å². The van der Waals surface area contributed by atoms with Crippen LogP contribution in [0.25, 0.3) is 21.2 Å². The highest BCUT2D eigenvalue weighted by molar-refractivity contribution is 7.20. The van der Waals surface area contributed by atoms with E-state index in [9.17, 15) is 4.79 Å². The number of likely N-dealkylation sites (tertiary alicyclic amines) is 2. The van der Waals surface area contributed by atoms with Crippen LogP contribution in [0, 0.1) is 0 Å². The van der Waals surface area contributed by atoms with Gasteiger partial charge in [-0.2, -0.15) is 0 Å². The third-order valence-corrected chi connectivity index (χ3v) is 6.95. The fraction of sp³-hybridized carbons (Fsp3) is 0.318. The summed E-state index contributed by atoms with van der Waals surface area (Å²) in [5.41, 5.74) is 1.64. The van der Waals surface area contributed by atoms with Crippen LogP contribution in [-0.2, 0) is 11.3 Å². The number of nitrogens with zero attached hydrogens (tertiary/aromatic N) is 4. The Morgan fingerprint density at radius 1 is 1.27 bits per heavy atom. The summed E-state index contributed by atoms with van der Waals surface area (Å²) in [4.78, 5) is 24.7. The molecule has 0 aliphatic carbocycles. The van der Waals surface area contributed by atoms with Gasteiger partial charge >= 0.3 is 0 Å². The van der Waals surface area contributed by atoms with E-state index in [4.69, 9.17) is 9.15 Å². The number of rotatable bonds is 4. The van der Waals surface area contributed by atoms with Gasteiger partial charge < -0.3 is 14.1 Å². The molecule has 2 aliphatic heterocycles. The standard InChI is InChI=1S/C22H20N4O3S/c1-13(27)26-11-15-7-16(26)10-25(15)12-18-6-14-2-3-17(8-20(14)28-18)29-22-24-19-9-23-5-4-21(19)30-22/h2-6,8-9,15-16H,7,10-12H2,1H3. The summed E-state index contributed by atoms with van der Waals surface area (Å²) in [7, 11) is 0. The lowest BCUT2D eigenvalue weighted by molar-refractivity contribution is -0.131. The molecule has 1 aromatic carbocycles. The van der Waals surface area contributed by atoms with Gasteiger partial charge in [-0.15, -0.1) is 0 Å². The first-order chi connectivity index (χ1) is 14.6. The van der Waals surface area contributed by atoms with Crippen molar-refractivity contribution in [3.05, 3.63) is 48.5 Å². The molecule has 2 fully saturated rings. The van der Waals surface area contributed by atoms with Gasteiger partial charge in [0, 0.05) is 49.7 Å². The summed E-state index contributed by atoms with van der Waals surface area (Å²) in [6.45, 7) is 4.18. The van der Waals surface area contributed by atoms with Crippen LogP contribution < -0.4 is 4.74 Å². The molecule has 7 nitrogen and oxygen atoms in total. The summed E-state index contributed by atoms with van der Waals surface area (Å²) in [5, 5.41) is 1.65. The molecule has 0 radical (unpaired) electrons. The van der Waals surface area contributed by atoms with Crippen molar-refractivity contribution in [2.45, 2.75) is 32.0 Å². The molecule has 2 atom stereocenters. The van der Waals surface area contributed by atoms with E-state index in [0.29, 0.717) is 23.0 Å². The van der Waals surface area contributed by atoms with Crippen LogP contribution in [0.2, 0.25) is 0 Å². The number of piperazine rings is 1. The monoisotopic (exact) mass is 420 g/mol. The minimum absolute atomic E-state index is 0.183. The number of furan rings is 1. The van der Waals surface area contributed by atoms with E-state index < -0.39 is 0 Å². The van der Waals surface area contributed by atoms with Crippen LogP contribution in [0.5, 0.6) is 10.9 Å². The Morgan fingerprint density at radius 2 is 2.20 bits per heavy atom. The normalized spacial score (nSPS) is 21.2. The number of pyridine rings is 1. The van der Waals surface area contributed by atoms with E-state index >= 15 is 0 Å². The Kier molecular flexibility index (Phi) is 4.04. The third-order valence-electron chi connectivity index (χ3n) is 6.04. The van der Waals surface area contributed by atoms with E-state index in [1.165, 1.54) is 11.3 Å². The highest BCUT2D eigenvalue weighted by atomic mass is 32.1. The fourth-order valence-corrected chi connectivity index (χ4v) is 5.44. The van der Waals surface area contributed by atoms with Crippen molar-refractivity contribution in [2.24, 2.45) is 0 Å². The smallest absolute Gasteiger partial charge is 0.279 e. The zero-order chi connectivity index (χ0) is 20.2. The number of hydrogen-bond acceptors (Lipinski definition) is 7. The van der Waals surface area contributed by atoms with Crippen molar-refractivity contribution in [3.63, 3.8) is 0 Å². The molecule has 0 N–H and O–H groups in total. The van der Waals surface area contributed by atoms with Crippen molar-refractivity contribution in [2.75, 3.05) is 13.1 Å². The SMILES string of the molecule is CC(=O)N1CC2CC1CN2Cc1cc2ccc(Oc3nc4cnccc4s3)cc2o1. The molecule has 2 bridgehead atoms. The van der Waals surface area contributed by atoms with Crippen molar-refractivity contribution in [3.8, 4) is 10.9 Å². The Labute approximate surface area is 176 Å². The number of thiazole rings is 1. The lowest BCUT2D eigenvalue weighted by Gasteiger charge is -2.33. The second-order valence-electron chi connectivity index (χ2n) is 7.98. The molecule has 2 saturated heterocycles. The Hall–Kier alpha value is -2.97. The average Bonchev–Trinajstić information content (AvgIpc) is 3.49. The molecule has 2 aliphatic rings. The molecule has 1 amide bonds. The summed E-state index contributed by atoms with van der Waals surface area (Å²) in [6, 6.07) is 10.7. The number of fused-ring (bicyclic) bond motifs is 4. The van der Waals surface area contributed by atoms with Gasteiger partial charge in [0.25, 0.3) is 5.19 Å². The van der Waals surface area contributed by atoms with E-state index in [1.807, 2.05) is 29.2 Å². The summed E-state index contributed by atoms with van der Waals surface area (Å²) in [5.74, 6) is 1.82. The van der Waals surface area contributed by atoms with Gasteiger partial charge in [-0.1, -0.05) is 11.3 Å². The van der Waals surface area contributed by atoms with E-state index in [1.54, 1.807) is 19.3 Å². The number of aromatic nitrogens is 2. The van der Waals surface area contributed by atoms with Crippen LogP contribution in [0.3, 0.4) is 0 Å². The first-order valence-electron chi connectivity index (χ1n) is 10.0. The fourth-order valence-electron chi connectivity index (χ4n) is 4.64. The Morgan fingerprint density at radius 3 is 3.00 bits per heavy atom. The van der Waals surface area contributed by atoms with E-state index in [0.717, 1.165) is 53.0 Å². The first kappa shape index (κ1) is 17.9. The zero-order valence-electron chi connectivity index (χ0n) is 16.4. The number of carbonyl (C=O) groups excluding carboxylic acids is 1. The maximum absolute atomic E-state index is 11.7. The number of ether oxygens (including phenoxy) is 1. The second kappa shape index (κ2) is 6.78. The molecule has 8 heteroatoms. The first-order valence-corrected chi connectivity index (χ1v) is 10.9. The van der Waals surface area contributed by atoms with E-state index in [2.05, 4.69) is 20.9 Å². The van der Waals surface area contributed by atoms with E-state index in [-0.39, 0.29) is 5.91 Å². The largest absolute Gasteiger partial charge is 0.460 e. The topological polar surface area (TPSA) is 71.7 Å². The van der Waals surface area contributed by atoms with Crippen LogP contribution >= 0.6 is 11.3 Å². The van der Waals surface area contributed by atoms with Crippen LogP contribution in [-0.4, -0.2) is 50.8 Å². The maximum Gasteiger partial charge on any atom is 0.279 e. The van der Waals surface area contributed by atoms with Gasteiger partial charge in [0.1, 0.15) is 22.6 Å². The Balaban J connectivity index is 1.19. The second-order valence-corrected chi connectivity index (χ2v) is 8.97. The van der Waals surface area contributed by atoms with Crippen molar-refractivity contribution < 1.29 is 13.9 Å². The molecule has 3 aromatic heterocycles. The predicted molar refractivity (Wildman–Crippen MR) is 114 cm³/mol. The summed E-state index contributed by atoms with van der Waals surface area (Å²) < 4.78 is 13.1. The van der Waals surface area contributed by atoms with Crippen LogP contribution in [0.15, 0.2) is 47.1 Å². The molecule has 0 saturated carbocycles. The van der Waals surface area contributed by atoms with Crippen LogP contribution in [0.1, 0.15) is 19.1 Å². The van der Waals surface area contributed by atoms with Gasteiger partial charge in [-0.25, -0.2) is 4.98 Å². The van der Waals surface area contributed by atoms with Crippen molar-refractivity contribution in [1.29, 1.82) is 0 Å². The molecule has 4 aromatic rings. The van der Waals surface area contributed by atoms with Crippen molar-refractivity contribution in [1.82, 2.24) is 19.8 Å². The van der Waals surface area contributed by atoms with Gasteiger partial charge in [0.05, 0.1) is 17.4 Å². The average molecular weight is 420 g/mol. The minimum Gasteiger partial charge on any atom is -0.460 e.